The lowest BCUT2D eigenvalue weighted by molar-refractivity contribution is 0.0691. The van der Waals surface area contributed by atoms with Crippen LogP contribution in [0.3, 0.4) is 0 Å². The summed E-state index contributed by atoms with van der Waals surface area (Å²) in [4.78, 5) is 14.3. The van der Waals surface area contributed by atoms with Gasteiger partial charge in [0.1, 0.15) is 5.69 Å². The minimum atomic E-state index is -1.13. The molecule has 72 valence electrons. The van der Waals surface area contributed by atoms with E-state index in [1.807, 2.05) is 0 Å². The van der Waals surface area contributed by atoms with Crippen molar-refractivity contribution in [2.75, 3.05) is 0 Å². The number of nitrogens with zero attached hydrogens (tertiary/aromatic N) is 3. The third kappa shape index (κ3) is 1.26. The first-order valence-electron chi connectivity index (χ1n) is 3.85. The van der Waals surface area contributed by atoms with E-state index in [0.29, 0.717) is 5.69 Å². The largest absolute Gasteiger partial charge is 0.476 e. The Labute approximate surface area is 78.8 Å². The van der Waals surface area contributed by atoms with Crippen molar-refractivity contribution in [1.29, 1.82) is 0 Å². The summed E-state index contributed by atoms with van der Waals surface area (Å²) in [5.74, 6) is -0.947. The second-order valence-corrected chi connectivity index (χ2v) is 2.71. The molecular weight excluding hydrogens is 186 g/mol. The van der Waals surface area contributed by atoms with Crippen LogP contribution in [0.15, 0.2) is 23.1 Å². The predicted molar refractivity (Wildman–Crippen MR) is 45.7 cm³/mol. The number of oxazole rings is 1. The van der Waals surface area contributed by atoms with E-state index < -0.39 is 5.97 Å². The molecule has 0 aliphatic heterocycles. The fraction of sp³-hybridized carbons (Fsp3) is 0.125. The highest BCUT2D eigenvalue weighted by Gasteiger charge is 2.18. The molecule has 0 saturated heterocycles. The average molecular weight is 193 g/mol. The molecule has 2 aromatic rings. The van der Waals surface area contributed by atoms with Crippen LogP contribution >= 0.6 is 0 Å². The Morgan fingerprint density at radius 2 is 2.43 bits per heavy atom. The summed E-state index contributed by atoms with van der Waals surface area (Å²) < 4.78 is 6.52. The van der Waals surface area contributed by atoms with Crippen molar-refractivity contribution in [3.63, 3.8) is 0 Å². The van der Waals surface area contributed by atoms with E-state index >= 15 is 0 Å². The normalized spacial score (nSPS) is 10.4. The van der Waals surface area contributed by atoms with Gasteiger partial charge in [0.05, 0.1) is 0 Å². The van der Waals surface area contributed by atoms with Gasteiger partial charge < -0.3 is 9.52 Å². The van der Waals surface area contributed by atoms with Gasteiger partial charge in [-0.2, -0.15) is 5.10 Å². The van der Waals surface area contributed by atoms with Crippen LogP contribution in [-0.4, -0.2) is 25.8 Å². The van der Waals surface area contributed by atoms with Crippen LogP contribution in [0, 0.1) is 0 Å². The van der Waals surface area contributed by atoms with Gasteiger partial charge in [0.2, 0.25) is 0 Å². The smallest absolute Gasteiger partial charge is 0.358 e. The monoisotopic (exact) mass is 193 g/mol. The molecule has 1 N–H and O–H groups in total. The molecule has 0 saturated carbocycles. The molecule has 14 heavy (non-hydrogen) atoms. The maximum absolute atomic E-state index is 10.7. The highest BCUT2D eigenvalue weighted by atomic mass is 16.4. The zero-order valence-corrected chi connectivity index (χ0v) is 7.34. The number of aromatic carboxylic acids is 1. The topological polar surface area (TPSA) is 81.2 Å². The number of rotatable bonds is 2. The van der Waals surface area contributed by atoms with Crippen molar-refractivity contribution in [1.82, 2.24) is 14.8 Å². The minimum Gasteiger partial charge on any atom is -0.476 e. The Morgan fingerprint density at radius 3 is 3.00 bits per heavy atom. The van der Waals surface area contributed by atoms with E-state index in [2.05, 4.69) is 10.1 Å². The number of carboxylic acid groups (broad SMARTS) is 1. The van der Waals surface area contributed by atoms with Crippen molar-refractivity contribution < 1.29 is 14.3 Å². The van der Waals surface area contributed by atoms with Crippen LogP contribution in [0.1, 0.15) is 10.5 Å². The van der Waals surface area contributed by atoms with Gasteiger partial charge in [0.15, 0.2) is 17.8 Å². The Kier molecular flexibility index (Phi) is 1.81. The number of carboxylic acids is 1. The van der Waals surface area contributed by atoms with Gasteiger partial charge in [0, 0.05) is 13.2 Å². The van der Waals surface area contributed by atoms with E-state index in [1.54, 1.807) is 24.0 Å². The molecule has 0 aliphatic carbocycles. The molecule has 6 heteroatoms. The third-order valence-corrected chi connectivity index (χ3v) is 1.72. The Bertz CT molecular complexity index is 472. The summed E-state index contributed by atoms with van der Waals surface area (Å²) in [6, 6.07) is 1.66. The first-order chi connectivity index (χ1) is 6.68. The Hall–Kier alpha value is -2.11. The fourth-order valence-corrected chi connectivity index (χ4v) is 1.12. The molecule has 0 bridgehead atoms. The molecule has 2 rings (SSSR count). The molecule has 2 heterocycles. The van der Waals surface area contributed by atoms with Crippen molar-refractivity contribution >= 4 is 5.97 Å². The van der Waals surface area contributed by atoms with Crippen molar-refractivity contribution in [3.05, 3.63) is 24.4 Å². The Balaban J connectivity index is 2.51. The average Bonchev–Trinajstić information content (AvgIpc) is 2.70. The first kappa shape index (κ1) is 8.49. The lowest BCUT2D eigenvalue weighted by Crippen LogP contribution is -1.99. The number of hydrogen-bond acceptors (Lipinski definition) is 4. The van der Waals surface area contributed by atoms with Gasteiger partial charge in [-0.25, -0.2) is 9.78 Å². The van der Waals surface area contributed by atoms with E-state index in [1.165, 1.54) is 0 Å². The summed E-state index contributed by atoms with van der Waals surface area (Å²) in [5, 5.41) is 12.8. The van der Waals surface area contributed by atoms with Crippen molar-refractivity contribution in [3.8, 4) is 11.5 Å². The second-order valence-electron chi connectivity index (χ2n) is 2.71. The van der Waals surface area contributed by atoms with E-state index in [9.17, 15) is 4.79 Å². The molecule has 0 aromatic carbocycles. The van der Waals surface area contributed by atoms with Crippen LogP contribution in [0.4, 0.5) is 0 Å². The molecule has 0 aliphatic rings. The van der Waals surface area contributed by atoms with Crippen LogP contribution in [0.5, 0.6) is 0 Å². The third-order valence-electron chi connectivity index (χ3n) is 1.72. The zero-order valence-electron chi connectivity index (χ0n) is 7.34. The fourth-order valence-electron chi connectivity index (χ4n) is 1.12. The quantitative estimate of drug-likeness (QED) is 0.761. The molecule has 0 amide bonds. The molecule has 0 fully saturated rings. The highest BCUT2D eigenvalue weighted by molar-refractivity contribution is 5.91. The maximum Gasteiger partial charge on any atom is 0.358 e. The van der Waals surface area contributed by atoms with Gasteiger partial charge in [-0.15, -0.1) is 0 Å². The molecule has 6 nitrogen and oxygen atoms in total. The molecule has 0 atom stereocenters. The summed E-state index contributed by atoms with van der Waals surface area (Å²) >= 11 is 0. The minimum absolute atomic E-state index is 0.122. The van der Waals surface area contributed by atoms with Crippen molar-refractivity contribution in [2.45, 2.75) is 0 Å². The lowest BCUT2D eigenvalue weighted by atomic mass is 10.3. The maximum atomic E-state index is 10.7. The number of carbonyl (C=O) groups is 1. The Morgan fingerprint density at radius 1 is 1.64 bits per heavy atom. The van der Waals surface area contributed by atoms with E-state index in [4.69, 9.17) is 9.52 Å². The standard InChI is InChI=1S/C8H7N3O3/c1-11-3-2-5(10-11)7-6(8(12)13)9-4-14-7/h2-4H,1H3,(H,12,13). The van der Waals surface area contributed by atoms with Gasteiger partial charge in [-0.3, -0.25) is 4.68 Å². The van der Waals surface area contributed by atoms with Gasteiger partial charge >= 0.3 is 5.97 Å². The highest BCUT2D eigenvalue weighted by Crippen LogP contribution is 2.20. The molecule has 0 radical (unpaired) electrons. The molecule has 0 unspecified atom stereocenters. The second kappa shape index (κ2) is 2.99. The van der Waals surface area contributed by atoms with E-state index in [0.717, 1.165) is 6.39 Å². The first-order valence-corrected chi connectivity index (χ1v) is 3.85. The number of hydrogen-bond donors (Lipinski definition) is 1. The van der Waals surface area contributed by atoms with Gasteiger partial charge in [0.25, 0.3) is 0 Å². The van der Waals surface area contributed by atoms with Gasteiger partial charge in [-0.1, -0.05) is 0 Å². The summed E-state index contributed by atoms with van der Waals surface area (Å²) in [6.45, 7) is 0. The van der Waals surface area contributed by atoms with Gasteiger partial charge in [-0.05, 0) is 6.07 Å². The van der Waals surface area contributed by atoms with Crippen LogP contribution < -0.4 is 0 Å². The molecule has 2 aromatic heterocycles. The summed E-state index contributed by atoms with van der Waals surface area (Å²) in [6.07, 6.45) is 2.79. The zero-order chi connectivity index (χ0) is 10.1. The van der Waals surface area contributed by atoms with E-state index in [-0.39, 0.29) is 11.5 Å². The van der Waals surface area contributed by atoms with Crippen LogP contribution in [0.2, 0.25) is 0 Å². The SMILES string of the molecule is Cn1ccc(-c2ocnc2C(=O)O)n1. The summed E-state index contributed by atoms with van der Waals surface area (Å²) in [5.41, 5.74) is 0.339. The van der Waals surface area contributed by atoms with Crippen LogP contribution in [-0.2, 0) is 7.05 Å². The predicted octanol–water partition coefficient (Wildman–Crippen LogP) is 0.773. The summed E-state index contributed by atoms with van der Waals surface area (Å²) in [7, 11) is 1.74. The molecular formula is C8H7N3O3. The van der Waals surface area contributed by atoms with Crippen molar-refractivity contribution in [2.24, 2.45) is 7.05 Å². The number of aryl methyl sites for hydroxylation is 1. The lowest BCUT2D eigenvalue weighted by Gasteiger charge is -1.91. The van der Waals surface area contributed by atoms with Crippen LogP contribution in [0.25, 0.3) is 11.5 Å². The molecule has 0 spiro atoms. The number of aromatic nitrogens is 3.